The summed E-state index contributed by atoms with van der Waals surface area (Å²) < 4.78 is 13.7. The molecule has 3 fully saturated rings. The summed E-state index contributed by atoms with van der Waals surface area (Å²) in [5.41, 5.74) is 5.35. The van der Waals surface area contributed by atoms with Gasteiger partial charge < -0.3 is 24.3 Å². The second kappa shape index (κ2) is 11.5. The van der Waals surface area contributed by atoms with Gasteiger partial charge in [0.1, 0.15) is 0 Å². The van der Waals surface area contributed by atoms with Crippen molar-refractivity contribution >= 4 is 27.5 Å². The Morgan fingerprint density at radius 3 is 2.53 bits per heavy atom. The van der Waals surface area contributed by atoms with Crippen molar-refractivity contribution in [2.75, 3.05) is 44.3 Å². The summed E-state index contributed by atoms with van der Waals surface area (Å²) in [5, 5.41) is 14.6. The van der Waals surface area contributed by atoms with Crippen LogP contribution in [0.15, 0.2) is 60.9 Å². The molecule has 0 amide bonds. The van der Waals surface area contributed by atoms with Crippen molar-refractivity contribution in [3.8, 4) is 6.07 Å². The molecular weight excluding hydrogens is 474 g/mol. The zero-order chi connectivity index (χ0) is 25.7. The molecule has 4 heterocycles. The highest BCUT2D eigenvalue weighted by Gasteiger charge is 2.22. The quantitative estimate of drug-likeness (QED) is 0.381. The van der Waals surface area contributed by atoms with Crippen LogP contribution < -0.4 is 10.2 Å². The van der Waals surface area contributed by atoms with Crippen molar-refractivity contribution in [3.05, 3.63) is 72.1 Å². The molecule has 38 heavy (non-hydrogen) atoms. The average Bonchev–Trinajstić information content (AvgIpc) is 3.68. The highest BCUT2D eigenvalue weighted by molar-refractivity contribution is 5.91. The molecule has 0 unspecified atom stereocenters. The average molecular weight is 510 g/mol. The van der Waals surface area contributed by atoms with Crippen LogP contribution in [0.3, 0.4) is 0 Å². The Hall–Kier alpha value is -3.44. The number of benzene rings is 2. The van der Waals surface area contributed by atoms with E-state index in [9.17, 15) is 0 Å². The molecular formula is C31H35N5O2. The highest BCUT2D eigenvalue weighted by Crippen LogP contribution is 2.33. The third-order valence-electron chi connectivity index (χ3n) is 7.88. The lowest BCUT2D eigenvalue weighted by molar-refractivity contribution is -0.0440. The van der Waals surface area contributed by atoms with Crippen LogP contribution in [0.25, 0.3) is 21.8 Å². The topological polar surface area (TPSA) is 75.3 Å². The molecule has 7 heteroatoms. The fraction of sp³-hybridized carbons (Fsp3) is 0.419. The van der Waals surface area contributed by atoms with Gasteiger partial charge in [-0.25, -0.2) is 0 Å². The third kappa shape index (κ3) is 5.25. The smallest absolute Gasteiger partial charge is 0.184 e. The lowest BCUT2D eigenvalue weighted by Crippen LogP contribution is -2.43. The normalized spacial score (nSPS) is 18.9. The summed E-state index contributed by atoms with van der Waals surface area (Å²) in [7, 11) is 0. The summed E-state index contributed by atoms with van der Waals surface area (Å²) >= 11 is 0. The number of hydrogen-bond donors (Lipinski definition) is 1. The van der Waals surface area contributed by atoms with Gasteiger partial charge in [-0.1, -0.05) is 25.3 Å². The summed E-state index contributed by atoms with van der Waals surface area (Å²) in [5.74, 6) is 0. The zero-order valence-corrected chi connectivity index (χ0v) is 21.8. The second-order valence-electron chi connectivity index (χ2n) is 10.3. The van der Waals surface area contributed by atoms with E-state index >= 15 is 0 Å². The number of pyridine rings is 1. The van der Waals surface area contributed by atoms with Crippen LogP contribution in [0.1, 0.15) is 55.6 Å². The molecule has 1 N–H and O–H groups in total. The minimum Gasteiger partial charge on any atom is -0.367 e. The van der Waals surface area contributed by atoms with Crippen molar-refractivity contribution < 1.29 is 9.47 Å². The summed E-state index contributed by atoms with van der Waals surface area (Å²) in [6.45, 7) is 5.35. The van der Waals surface area contributed by atoms with Crippen molar-refractivity contribution in [2.24, 2.45) is 0 Å². The third-order valence-corrected chi connectivity index (χ3v) is 7.88. The lowest BCUT2D eigenvalue weighted by Gasteiger charge is -2.30. The molecule has 0 atom stereocenters. The SMILES string of the molecule is N#Cc1ccc2c(ccn2C2CCCCC2)c1.c1cnc2c(N3CCNCC3)cc(C3OCCO3)cc2c1. The van der Waals surface area contributed by atoms with Crippen LogP contribution in [0.4, 0.5) is 5.69 Å². The monoisotopic (exact) mass is 509 g/mol. The Labute approximate surface area is 224 Å². The number of rotatable bonds is 3. The first-order chi connectivity index (χ1) is 18.8. The van der Waals surface area contributed by atoms with Crippen molar-refractivity contribution in [2.45, 2.75) is 44.4 Å². The van der Waals surface area contributed by atoms with Gasteiger partial charge in [-0.05, 0) is 55.3 Å². The van der Waals surface area contributed by atoms with Gasteiger partial charge in [-0.2, -0.15) is 5.26 Å². The van der Waals surface area contributed by atoms with Gasteiger partial charge >= 0.3 is 0 Å². The van der Waals surface area contributed by atoms with Gasteiger partial charge in [0.05, 0.1) is 36.1 Å². The Morgan fingerprint density at radius 1 is 0.921 bits per heavy atom. The Morgan fingerprint density at radius 2 is 1.74 bits per heavy atom. The molecule has 0 radical (unpaired) electrons. The van der Waals surface area contributed by atoms with Crippen molar-refractivity contribution in [1.82, 2.24) is 14.9 Å². The summed E-state index contributed by atoms with van der Waals surface area (Å²) in [4.78, 5) is 6.97. The number of hydrogen-bond acceptors (Lipinski definition) is 6. The maximum atomic E-state index is 8.90. The predicted octanol–water partition coefficient (Wildman–Crippen LogP) is 5.71. The molecule has 3 aliphatic rings. The molecule has 2 aromatic heterocycles. The predicted molar refractivity (Wildman–Crippen MR) is 150 cm³/mol. The van der Waals surface area contributed by atoms with Gasteiger partial charge in [-0.15, -0.1) is 0 Å². The van der Waals surface area contributed by atoms with E-state index in [1.54, 1.807) is 0 Å². The number of nitriles is 1. The van der Waals surface area contributed by atoms with E-state index in [4.69, 9.17) is 14.7 Å². The number of nitrogens with one attached hydrogen (secondary N) is 1. The van der Waals surface area contributed by atoms with E-state index in [2.05, 4.69) is 62.4 Å². The van der Waals surface area contributed by atoms with Crippen LogP contribution in [0.2, 0.25) is 0 Å². The van der Waals surface area contributed by atoms with E-state index in [0.29, 0.717) is 19.3 Å². The van der Waals surface area contributed by atoms with Crippen LogP contribution in [-0.4, -0.2) is 48.9 Å². The van der Waals surface area contributed by atoms with Gasteiger partial charge in [-0.3, -0.25) is 4.98 Å². The first kappa shape index (κ1) is 24.9. The highest BCUT2D eigenvalue weighted by atomic mass is 16.7. The second-order valence-corrected chi connectivity index (χ2v) is 10.3. The van der Waals surface area contributed by atoms with Crippen LogP contribution >= 0.6 is 0 Å². The van der Waals surface area contributed by atoms with Crippen molar-refractivity contribution in [1.29, 1.82) is 5.26 Å². The summed E-state index contributed by atoms with van der Waals surface area (Å²) in [6, 6.07) is 19.4. The fourth-order valence-electron chi connectivity index (χ4n) is 5.94. The van der Waals surface area contributed by atoms with Gasteiger partial charge in [0.15, 0.2) is 6.29 Å². The molecule has 2 aliphatic heterocycles. The lowest BCUT2D eigenvalue weighted by atomic mass is 9.95. The molecule has 7 nitrogen and oxygen atoms in total. The van der Waals surface area contributed by atoms with E-state index in [1.807, 2.05) is 24.4 Å². The molecule has 1 saturated carbocycles. The molecule has 2 aromatic carbocycles. The van der Waals surface area contributed by atoms with E-state index in [-0.39, 0.29) is 6.29 Å². The minimum absolute atomic E-state index is 0.240. The van der Waals surface area contributed by atoms with Crippen LogP contribution in [-0.2, 0) is 9.47 Å². The number of piperazine rings is 1. The van der Waals surface area contributed by atoms with Gasteiger partial charge in [0, 0.05) is 66.5 Å². The number of fused-ring (bicyclic) bond motifs is 2. The number of nitrogens with zero attached hydrogens (tertiary/aromatic N) is 4. The van der Waals surface area contributed by atoms with Crippen molar-refractivity contribution in [3.63, 3.8) is 0 Å². The van der Waals surface area contributed by atoms with E-state index in [1.165, 1.54) is 48.7 Å². The first-order valence-electron chi connectivity index (χ1n) is 13.9. The molecule has 0 bridgehead atoms. The molecule has 7 rings (SSSR count). The first-order valence-corrected chi connectivity index (χ1v) is 13.9. The van der Waals surface area contributed by atoms with E-state index in [0.717, 1.165) is 48.2 Å². The molecule has 2 saturated heterocycles. The maximum Gasteiger partial charge on any atom is 0.184 e. The maximum absolute atomic E-state index is 8.90. The number of anilines is 1. The Bertz CT molecular complexity index is 1420. The summed E-state index contributed by atoms with van der Waals surface area (Å²) in [6.07, 6.45) is 10.5. The Kier molecular flexibility index (Phi) is 7.54. The molecule has 4 aromatic rings. The van der Waals surface area contributed by atoms with E-state index < -0.39 is 0 Å². The van der Waals surface area contributed by atoms with Gasteiger partial charge in [0.25, 0.3) is 0 Å². The fourth-order valence-corrected chi connectivity index (χ4v) is 5.94. The minimum atomic E-state index is -0.240. The van der Waals surface area contributed by atoms with Crippen LogP contribution in [0, 0.1) is 11.3 Å². The zero-order valence-electron chi connectivity index (χ0n) is 21.8. The molecule has 196 valence electrons. The van der Waals surface area contributed by atoms with Crippen LogP contribution in [0.5, 0.6) is 0 Å². The number of ether oxygens (including phenoxy) is 2. The standard InChI is InChI=1S/C16H19N3O2.C15H16N2/c1-2-12-10-13(16-20-8-9-21-16)11-14(15(12)18-3-1)19-6-4-17-5-7-19;16-11-12-6-7-15-13(10-12)8-9-17(15)14-4-2-1-3-5-14/h1-3,10-11,16-17H,4-9H2;6-10,14H,1-5H2. The number of aromatic nitrogens is 2. The molecule has 0 spiro atoms. The van der Waals surface area contributed by atoms with Gasteiger partial charge in [0.2, 0.25) is 0 Å². The molecule has 1 aliphatic carbocycles. The Balaban J connectivity index is 0.000000142. The largest absolute Gasteiger partial charge is 0.367 e.